The minimum atomic E-state index is -4.52. The van der Waals surface area contributed by atoms with Crippen molar-refractivity contribution >= 4 is 5.91 Å². The summed E-state index contributed by atoms with van der Waals surface area (Å²) in [6.07, 6.45) is -1.28. The van der Waals surface area contributed by atoms with Gasteiger partial charge in [-0.25, -0.2) is 4.68 Å². The predicted molar refractivity (Wildman–Crippen MR) is 113 cm³/mol. The Morgan fingerprint density at radius 1 is 1.06 bits per heavy atom. The number of para-hydroxylation sites is 1. The quantitative estimate of drug-likeness (QED) is 0.596. The summed E-state index contributed by atoms with van der Waals surface area (Å²) in [4.78, 5) is 12.6. The number of fused-ring (bicyclic) bond motifs is 1. The van der Waals surface area contributed by atoms with E-state index in [1.807, 2.05) is 48.9 Å². The lowest BCUT2D eigenvalue weighted by molar-refractivity contribution is -0.142. The Morgan fingerprint density at radius 3 is 2.50 bits per heavy atom. The molecule has 1 amide bonds. The number of carbonyl (C=O) groups is 1. The summed E-state index contributed by atoms with van der Waals surface area (Å²) in [5.74, 6) is -0.375. The molecule has 1 N–H and O–H groups in total. The first-order valence-electron chi connectivity index (χ1n) is 10.8. The van der Waals surface area contributed by atoms with E-state index in [-0.39, 0.29) is 24.6 Å². The fourth-order valence-corrected chi connectivity index (χ4v) is 4.34. The fourth-order valence-electron chi connectivity index (χ4n) is 4.34. The lowest BCUT2D eigenvalue weighted by Crippen LogP contribution is -2.28. The van der Waals surface area contributed by atoms with Gasteiger partial charge in [0.1, 0.15) is 6.54 Å². The second-order valence-corrected chi connectivity index (χ2v) is 8.16. The van der Waals surface area contributed by atoms with Gasteiger partial charge in [-0.15, -0.1) is 0 Å². The Balaban J connectivity index is 1.50. The summed E-state index contributed by atoms with van der Waals surface area (Å²) in [5.41, 5.74) is 3.44. The van der Waals surface area contributed by atoms with Crippen LogP contribution in [0, 0.1) is 13.8 Å². The van der Waals surface area contributed by atoms with Crippen molar-refractivity contribution in [2.75, 3.05) is 0 Å². The third-order valence-electron chi connectivity index (χ3n) is 5.97. The minimum Gasteiger partial charge on any atom is -0.350 e. The smallest absolute Gasteiger partial charge is 0.350 e. The van der Waals surface area contributed by atoms with Gasteiger partial charge >= 0.3 is 6.18 Å². The number of aromatic nitrogens is 4. The van der Waals surface area contributed by atoms with E-state index >= 15 is 0 Å². The maximum Gasteiger partial charge on any atom is 0.435 e. The van der Waals surface area contributed by atoms with E-state index in [1.165, 1.54) is 4.68 Å². The van der Waals surface area contributed by atoms with Crippen LogP contribution in [-0.2, 0) is 36.9 Å². The van der Waals surface area contributed by atoms with Gasteiger partial charge in [-0.1, -0.05) is 24.6 Å². The minimum absolute atomic E-state index is 0.233. The van der Waals surface area contributed by atoms with Crippen LogP contribution in [0.4, 0.5) is 13.2 Å². The molecular formula is C23H26F3N5O. The van der Waals surface area contributed by atoms with E-state index in [9.17, 15) is 18.0 Å². The molecule has 0 saturated carbocycles. The highest BCUT2D eigenvalue weighted by Crippen LogP contribution is 2.35. The van der Waals surface area contributed by atoms with Crippen molar-refractivity contribution in [1.82, 2.24) is 24.9 Å². The monoisotopic (exact) mass is 445 g/mol. The zero-order valence-corrected chi connectivity index (χ0v) is 18.2. The molecule has 170 valence electrons. The largest absolute Gasteiger partial charge is 0.435 e. The standard InChI is InChI=1S/C23H26F3N5O/c1-15-19(16(2)31(28-15)17-9-5-3-6-10-17)13-27-21(32)14-30-20-12-8-4-7-11-18(20)22(29-30)23(24,25)26/h3,5-6,9-10H,4,7-8,11-14H2,1-2H3,(H,27,32). The van der Waals surface area contributed by atoms with Gasteiger partial charge in [0.25, 0.3) is 0 Å². The molecule has 4 rings (SSSR count). The second kappa shape index (κ2) is 8.80. The third-order valence-corrected chi connectivity index (χ3v) is 5.97. The average Bonchev–Trinajstić information content (AvgIpc) is 3.11. The molecule has 0 radical (unpaired) electrons. The van der Waals surface area contributed by atoms with Crippen molar-refractivity contribution in [3.8, 4) is 5.69 Å². The first kappa shape index (κ1) is 22.1. The SMILES string of the molecule is Cc1nn(-c2ccccc2)c(C)c1CNC(=O)Cn1nc(C(F)(F)F)c2c1CCCCC2. The van der Waals surface area contributed by atoms with Crippen LogP contribution in [0.1, 0.15) is 53.2 Å². The first-order chi connectivity index (χ1) is 15.3. The van der Waals surface area contributed by atoms with Crippen LogP contribution < -0.4 is 5.32 Å². The molecule has 0 saturated heterocycles. The number of nitrogens with one attached hydrogen (secondary N) is 1. The molecule has 0 aliphatic heterocycles. The highest BCUT2D eigenvalue weighted by atomic mass is 19.4. The van der Waals surface area contributed by atoms with Crippen molar-refractivity contribution < 1.29 is 18.0 Å². The van der Waals surface area contributed by atoms with Gasteiger partial charge in [-0.3, -0.25) is 9.48 Å². The Kier molecular flexibility index (Phi) is 6.08. The molecule has 9 heteroatoms. The molecule has 3 aromatic rings. The van der Waals surface area contributed by atoms with E-state index in [0.29, 0.717) is 25.0 Å². The molecular weight excluding hydrogens is 419 g/mol. The topological polar surface area (TPSA) is 64.7 Å². The molecule has 1 aliphatic rings. The molecule has 1 aliphatic carbocycles. The Hall–Kier alpha value is -3.10. The number of halogens is 3. The van der Waals surface area contributed by atoms with Crippen LogP contribution in [0.25, 0.3) is 5.69 Å². The fraction of sp³-hybridized carbons (Fsp3) is 0.435. The summed E-state index contributed by atoms with van der Waals surface area (Å²) < 4.78 is 43.5. The van der Waals surface area contributed by atoms with Crippen molar-refractivity contribution in [3.05, 3.63) is 64.2 Å². The van der Waals surface area contributed by atoms with Crippen LogP contribution in [-0.4, -0.2) is 25.5 Å². The van der Waals surface area contributed by atoms with Crippen molar-refractivity contribution in [3.63, 3.8) is 0 Å². The number of aryl methyl sites for hydroxylation is 1. The third kappa shape index (κ3) is 4.42. The maximum atomic E-state index is 13.5. The van der Waals surface area contributed by atoms with E-state index in [4.69, 9.17) is 0 Å². The van der Waals surface area contributed by atoms with Crippen LogP contribution in [0.3, 0.4) is 0 Å². The van der Waals surface area contributed by atoms with Crippen LogP contribution in [0.15, 0.2) is 30.3 Å². The molecule has 2 aromatic heterocycles. The van der Waals surface area contributed by atoms with Gasteiger partial charge in [0.15, 0.2) is 5.69 Å². The van der Waals surface area contributed by atoms with Gasteiger partial charge in [-0.05, 0) is 51.7 Å². The molecule has 0 spiro atoms. The first-order valence-corrected chi connectivity index (χ1v) is 10.8. The normalized spacial score (nSPS) is 14.2. The van der Waals surface area contributed by atoms with E-state index < -0.39 is 11.9 Å². The molecule has 6 nitrogen and oxygen atoms in total. The van der Waals surface area contributed by atoms with E-state index in [0.717, 1.165) is 35.5 Å². The molecule has 0 fully saturated rings. The van der Waals surface area contributed by atoms with Gasteiger partial charge in [0.05, 0.1) is 11.4 Å². The highest BCUT2D eigenvalue weighted by molar-refractivity contribution is 5.75. The number of rotatable bonds is 5. The van der Waals surface area contributed by atoms with Crippen molar-refractivity contribution in [2.45, 2.75) is 65.2 Å². The Morgan fingerprint density at radius 2 is 1.78 bits per heavy atom. The number of amides is 1. The van der Waals surface area contributed by atoms with Crippen LogP contribution in [0.5, 0.6) is 0 Å². The molecule has 1 aromatic carbocycles. The molecule has 0 bridgehead atoms. The summed E-state index contributed by atoms with van der Waals surface area (Å²) in [6.45, 7) is 3.82. The average molecular weight is 445 g/mol. The summed E-state index contributed by atoms with van der Waals surface area (Å²) in [5, 5.41) is 11.2. The molecule has 2 heterocycles. The number of nitrogens with zero attached hydrogens (tertiary/aromatic N) is 4. The summed E-state index contributed by atoms with van der Waals surface area (Å²) >= 11 is 0. The van der Waals surface area contributed by atoms with Crippen molar-refractivity contribution in [1.29, 1.82) is 0 Å². The van der Waals surface area contributed by atoms with Gasteiger partial charge in [0.2, 0.25) is 5.91 Å². The lowest BCUT2D eigenvalue weighted by Gasteiger charge is -2.09. The molecule has 32 heavy (non-hydrogen) atoms. The summed E-state index contributed by atoms with van der Waals surface area (Å²) in [6, 6.07) is 9.67. The van der Waals surface area contributed by atoms with E-state index in [2.05, 4.69) is 15.5 Å². The van der Waals surface area contributed by atoms with Crippen LogP contribution in [0.2, 0.25) is 0 Å². The Bertz CT molecular complexity index is 1120. The molecule has 0 unspecified atom stereocenters. The summed E-state index contributed by atoms with van der Waals surface area (Å²) in [7, 11) is 0. The van der Waals surface area contributed by atoms with E-state index in [1.54, 1.807) is 0 Å². The number of alkyl halides is 3. The lowest BCUT2D eigenvalue weighted by atomic mass is 10.1. The zero-order valence-electron chi connectivity index (χ0n) is 18.2. The maximum absolute atomic E-state index is 13.5. The number of carbonyl (C=O) groups excluding carboxylic acids is 1. The second-order valence-electron chi connectivity index (χ2n) is 8.16. The predicted octanol–water partition coefficient (Wildman–Crippen LogP) is 4.29. The zero-order chi connectivity index (χ0) is 22.9. The Labute approximate surface area is 184 Å². The van der Waals surface area contributed by atoms with Gasteiger partial charge in [-0.2, -0.15) is 23.4 Å². The highest BCUT2D eigenvalue weighted by Gasteiger charge is 2.39. The van der Waals surface area contributed by atoms with Gasteiger partial charge < -0.3 is 5.32 Å². The number of hydrogen-bond donors (Lipinski definition) is 1. The van der Waals surface area contributed by atoms with Crippen LogP contribution >= 0.6 is 0 Å². The molecule has 0 atom stereocenters. The number of hydrogen-bond acceptors (Lipinski definition) is 3. The van der Waals surface area contributed by atoms with Crippen molar-refractivity contribution in [2.24, 2.45) is 0 Å². The number of benzene rings is 1. The van der Waals surface area contributed by atoms with Gasteiger partial charge in [0, 0.05) is 29.1 Å².